The van der Waals surface area contributed by atoms with Crippen LogP contribution in [0.25, 0.3) is 0 Å². The summed E-state index contributed by atoms with van der Waals surface area (Å²) < 4.78 is 39.1. The molecular weight excluding hydrogens is 305 g/mol. The van der Waals surface area contributed by atoms with Crippen LogP contribution >= 0.6 is 23.5 Å². The summed E-state index contributed by atoms with van der Waals surface area (Å²) in [6, 6.07) is 0.356. The van der Waals surface area contributed by atoms with Crippen molar-refractivity contribution in [3.8, 4) is 0 Å². The summed E-state index contributed by atoms with van der Waals surface area (Å²) in [6.45, 7) is 4.23. The molecule has 1 saturated heterocycles. The van der Waals surface area contributed by atoms with Gasteiger partial charge in [-0.05, 0) is 6.07 Å². The molecule has 112 valence electrons. The van der Waals surface area contributed by atoms with Crippen molar-refractivity contribution < 1.29 is 13.2 Å². The molecule has 4 unspecified atom stereocenters. The fourth-order valence-electron chi connectivity index (χ4n) is 2.13. The minimum atomic E-state index is -4.39. The summed E-state index contributed by atoms with van der Waals surface area (Å²) in [5.74, 6) is 0.767. The fourth-order valence-corrected chi connectivity index (χ4v) is 5.17. The molecule has 2 heterocycles. The highest BCUT2D eigenvalue weighted by Crippen LogP contribution is 2.42. The van der Waals surface area contributed by atoms with E-state index >= 15 is 0 Å². The number of nitrogens with zero attached hydrogens (tertiary/aromatic N) is 1. The van der Waals surface area contributed by atoms with Crippen LogP contribution in [0, 0.1) is 0 Å². The van der Waals surface area contributed by atoms with E-state index in [0.29, 0.717) is 10.5 Å². The molecule has 2 N–H and O–H groups in total. The number of aromatic nitrogens is 1. The maximum absolute atomic E-state index is 13.0. The molecule has 0 radical (unpaired) electrons. The summed E-state index contributed by atoms with van der Waals surface area (Å²) in [6.07, 6.45) is -1.98. The van der Waals surface area contributed by atoms with Crippen molar-refractivity contribution in [2.24, 2.45) is 5.73 Å². The SMILES string of the molecule is CC1SCC(C(N)c2cnccc2C(F)(F)F)SC1C. The Balaban J connectivity index is 2.24. The number of pyridine rings is 1. The van der Waals surface area contributed by atoms with Crippen molar-refractivity contribution in [2.75, 3.05) is 5.75 Å². The summed E-state index contributed by atoms with van der Waals surface area (Å²) in [5, 5.41) is 0.867. The van der Waals surface area contributed by atoms with Gasteiger partial charge >= 0.3 is 6.18 Å². The van der Waals surface area contributed by atoms with Gasteiger partial charge in [-0.15, -0.1) is 0 Å². The van der Waals surface area contributed by atoms with Gasteiger partial charge in [-0.3, -0.25) is 4.98 Å². The zero-order valence-electron chi connectivity index (χ0n) is 11.2. The third-order valence-electron chi connectivity index (χ3n) is 3.49. The van der Waals surface area contributed by atoms with E-state index in [4.69, 9.17) is 5.73 Å². The van der Waals surface area contributed by atoms with E-state index in [9.17, 15) is 13.2 Å². The second-order valence-corrected chi connectivity index (χ2v) is 7.94. The van der Waals surface area contributed by atoms with E-state index < -0.39 is 17.8 Å². The molecule has 1 aliphatic heterocycles. The lowest BCUT2D eigenvalue weighted by molar-refractivity contribution is -0.138. The molecular formula is C13H17F3N2S2. The highest BCUT2D eigenvalue weighted by molar-refractivity contribution is 8.07. The average Bonchev–Trinajstić information content (AvgIpc) is 2.40. The highest BCUT2D eigenvalue weighted by atomic mass is 32.2. The number of alkyl halides is 3. The fraction of sp³-hybridized carbons (Fsp3) is 0.615. The second-order valence-electron chi connectivity index (χ2n) is 4.90. The first-order valence-corrected chi connectivity index (χ1v) is 8.33. The van der Waals surface area contributed by atoms with Crippen molar-refractivity contribution in [1.82, 2.24) is 4.98 Å². The Morgan fingerprint density at radius 2 is 2.05 bits per heavy atom. The second kappa shape index (κ2) is 6.15. The molecule has 0 bridgehead atoms. The van der Waals surface area contributed by atoms with E-state index in [1.807, 2.05) is 0 Å². The summed E-state index contributed by atoms with van der Waals surface area (Å²) >= 11 is 3.44. The molecule has 0 saturated carbocycles. The number of nitrogens with two attached hydrogens (primary N) is 1. The number of hydrogen-bond donors (Lipinski definition) is 1. The predicted octanol–water partition coefficient (Wildman–Crippen LogP) is 3.73. The molecule has 1 aromatic rings. The monoisotopic (exact) mass is 322 g/mol. The maximum Gasteiger partial charge on any atom is 0.416 e. The van der Waals surface area contributed by atoms with Gasteiger partial charge in [-0.1, -0.05) is 13.8 Å². The van der Waals surface area contributed by atoms with Crippen LogP contribution in [-0.4, -0.2) is 26.5 Å². The van der Waals surface area contributed by atoms with Gasteiger partial charge in [0.05, 0.1) is 5.56 Å². The smallest absolute Gasteiger partial charge is 0.323 e. The van der Waals surface area contributed by atoms with Crippen LogP contribution in [0.4, 0.5) is 13.2 Å². The molecule has 20 heavy (non-hydrogen) atoms. The first kappa shape index (κ1) is 16.0. The molecule has 0 amide bonds. The van der Waals surface area contributed by atoms with Crippen LogP contribution in [0.3, 0.4) is 0 Å². The highest BCUT2D eigenvalue weighted by Gasteiger charge is 2.38. The molecule has 0 aliphatic carbocycles. The van der Waals surface area contributed by atoms with Crippen LogP contribution < -0.4 is 5.73 Å². The topological polar surface area (TPSA) is 38.9 Å². The Morgan fingerprint density at radius 3 is 2.65 bits per heavy atom. The van der Waals surface area contributed by atoms with Crippen LogP contribution in [0.1, 0.15) is 31.0 Å². The quantitative estimate of drug-likeness (QED) is 0.900. The number of thioether (sulfide) groups is 2. The van der Waals surface area contributed by atoms with E-state index in [1.54, 1.807) is 23.5 Å². The zero-order chi connectivity index (χ0) is 14.9. The lowest BCUT2D eigenvalue weighted by Gasteiger charge is -2.35. The number of rotatable bonds is 2. The van der Waals surface area contributed by atoms with Crippen molar-refractivity contribution >= 4 is 23.5 Å². The molecule has 0 aromatic carbocycles. The Hall–Kier alpha value is -0.400. The van der Waals surface area contributed by atoms with Crippen LogP contribution in [0.15, 0.2) is 18.5 Å². The largest absolute Gasteiger partial charge is 0.416 e. The third-order valence-corrected chi connectivity index (χ3v) is 7.01. The normalized spacial score (nSPS) is 29.2. The predicted molar refractivity (Wildman–Crippen MR) is 78.9 cm³/mol. The minimum absolute atomic E-state index is 0.0171. The first-order chi connectivity index (χ1) is 9.30. The Bertz CT molecular complexity index is 467. The van der Waals surface area contributed by atoms with Gasteiger partial charge in [0, 0.05) is 45.5 Å². The van der Waals surface area contributed by atoms with Gasteiger partial charge in [0.1, 0.15) is 0 Å². The van der Waals surface area contributed by atoms with Crippen molar-refractivity contribution in [3.05, 3.63) is 29.6 Å². The van der Waals surface area contributed by atoms with Crippen LogP contribution in [0.2, 0.25) is 0 Å². The molecule has 1 aromatic heterocycles. The van der Waals surface area contributed by atoms with Gasteiger partial charge in [0.2, 0.25) is 0 Å². The van der Waals surface area contributed by atoms with E-state index in [-0.39, 0.29) is 10.8 Å². The standard InChI is InChI=1S/C13H17F3N2S2/c1-7-8(2)20-11(6-19-7)12(17)9-5-18-4-3-10(9)13(14,15)16/h3-5,7-8,11-12H,6,17H2,1-2H3. The molecule has 1 aliphatic rings. The molecule has 0 spiro atoms. The van der Waals surface area contributed by atoms with E-state index in [1.165, 1.54) is 6.20 Å². The average molecular weight is 322 g/mol. The Kier molecular flexibility index (Phi) is 4.92. The Morgan fingerprint density at radius 1 is 1.35 bits per heavy atom. The Labute approximate surface area is 125 Å². The maximum atomic E-state index is 13.0. The van der Waals surface area contributed by atoms with Gasteiger partial charge in [0.15, 0.2) is 0 Å². The van der Waals surface area contributed by atoms with Gasteiger partial charge in [0.25, 0.3) is 0 Å². The molecule has 2 rings (SSSR count). The summed E-state index contributed by atoms with van der Waals surface area (Å²) in [5.41, 5.74) is 5.53. The lowest BCUT2D eigenvalue weighted by atomic mass is 10.0. The van der Waals surface area contributed by atoms with Gasteiger partial charge in [-0.2, -0.15) is 36.7 Å². The van der Waals surface area contributed by atoms with E-state index in [0.717, 1.165) is 18.0 Å². The van der Waals surface area contributed by atoms with E-state index in [2.05, 4.69) is 18.8 Å². The molecule has 4 atom stereocenters. The number of hydrogen-bond acceptors (Lipinski definition) is 4. The first-order valence-electron chi connectivity index (χ1n) is 6.34. The minimum Gasteiger partial charge on any atom is -0.323 e. The third kappa shape index (κ3) is 3.43. The van der Waals surface area contributed by atoms with Crippen LogP contribution in [-0.2, 0) is 6.18 Å². The summed E-state index contributed by atoms with van der Waals surface area (Å²) in [7, 11) is 0. The van der Waals surface area contributed by atoms with Gasteiger partial charge < -0.3 is 5.73 Å². The van der Waals surface area contributed by atoms with Gasteiger partial charge in [-0.25, -0.2) is 0 Å². The lowest BCUT2D eigenvalue weighted by Crippen LogP contribution is -2.35. The molecule has 1 fully saturated rings. The zero-order valence-corrected chi connectivity index (χ0v) is 12.9. The molecule has 7 heteroatoms. The van der Waals surface area contributed by atoms with Crippen molar-refractivity contribution in [1.29, 1.82) is 0 Å². The number of halogens is 3. The molecule has 2 nitrogen and oxygen atoms in total. The van der Waals surface area contributed by atoms with Crippen LogP contribution in [0.5, 0.6) is 0 Å². The summed E-state index contributed by atoms with van der Waals surface area (Å²) in [4.78, 5) is 3.81. The van der Waals surface area contributed by atoms with Crippen molar-refractivity contribution in [2.45, 2.75) is 41.8 Å². The van der Waals surface area contributed by atoms with Crippen molar-refractivity contribution in [3.63, 3.8) is 0 Å².